The Balaban J connectivity index is 1.56. The lowest BCUT2D eigenvalue weighted by Crippen LogP contribution is -2.48. The van der Waals surface area contributed by atoms with Gasteiger partial charge in [-0.15, -0.1) is 0 Å². The Labute approximate surface area is 149 Å². The summed E-state index contributed by atoms with van der Waals surface area (Å²) >= 11 is 0. The molecule has 134 valence electrons. The first-order chi connectivity index (χ1) is 12.1. The van der Waals surface area contributed by atoms with E-state index in [0.717, 1.165) is 37.3 Å². The summed E-state index contributed by atoms with van der Waals surface area (Å²) in [6, 6.07) is 9.93. The minimum atomic E-state index is -0.461. The van der Waals surface area contributed by atoms with Crippen molar-refractivity contribution in [2.75, 3.05) is 13.1 Å². The zero-order valence-corrected chi connectivity index (χ0v) is 15.1. The van der Waals surface area contributed by atoms with E-state index in [1.807, 2.05) is 47.6 Å². The highest BCUT2D eigenvalue weighted by Gasteiger charge is 2.29. The second-order valence-electron chi connectivity index (χ2n) is 7.18. The number of benzene rings is 1. The molecule has 2 N–H and O–H groups in total. The van der Waals surface area contributed by atoms with E-state index < -0.39 is 6.04 Å². The third-order valence-corrected chi connectivity index (χ3v) is 5.04. The number of carbonyl (C=O) groups is 1. The molecular formula is C20H28N4O. The number of amides is 1. The van der Waals surface area contributed by atoms with Crippen molar-refractivity contribution >= 4 is 5.91 Å². The molecule has 1 amide bonds. The van der Waals surface area contributed by atoms with Gasteiger partial charge in [-0.05, 0) is 38.7 Å². The average molecular weight is 340 g/mol. The van der Waals surface area contributed by atoms with Crippen molar-refractivity contribution in [1.82, 2.24) is 14.5 Å². The van der Waals surface area contributed by atoms with Crippen molar-refractivity contribution in [1.29, 1.82) is 0 Å². The van der Waals surface area contributed by atoms with Crippen LogP contribution >= 0.6 is 0 Å². The molecule has 5 heteroatoms. The summed E-state index contributed by atoms with van der Waals surface area (Å²) in [7, 11) is 0. The lowest BCUT2D eigenvalue weighted by Gasteiger charge is -2.33. The lowest BCUT2D eigenvalue weighted by atomic mass is 9.94. The first-order valence-electron chi connectivity index (χ1n) is 9.17. The van der Waals surface area contributed by atoms with Crippen LogP contribution in [0.4, 0.5) is 0 Å². The summed E-state index contributed by atoms with van der Waals surface area (Å²) in [5.74, 6) is 1.64. The van der Waals surface area contributed by atoms with Gasteiger partial charge in [0.2, 0.25) is 5.91 Å². The van der Waals surface area contributed by atoms with Crippen molar-refractivity contribution in [3.8, 4) is 0 Å². The molecule has 1 aliphatic rings. The first-order valence-corrected chi connectivity index (χ1v) is 9.17. The smallest absolute Gasteiger partial charge is 0.239 e. The molecule has 0 spiro atoms. The molecule has 0 aliphatic carbocycles. The fourth-order valence-electron chi connectivity index (χ4n) is 3.63. The molecule has 2 heterocycles. The van der Waals surface area contributed by atoms with Crippen LogP contribution in [0.5, 0.6) is 0 Å². The van der Waals surface area contributed by atoms with Gasteiger partial charge in [0, 0.05) is 37.4 Å². The first kappa shape index (κ1) is 17.7. The number of piperidine rings is 1. The summed E-state index contributed by atoms with van der Waals surface area (Å²) in [5, 5.41) is 0. The molecule has 1 saturated heterocycles. The van der Waals surface area contributed by atoms with Crippen LogP contribution in [-0.4, -0.2) is 39.5 Å². The van der Waals surface area contributed by atoms with Crippen molar-refractivity contribution in [3.63, 3.8) is 0 Å². The summed E-state index contributed by atoms with van der Waals surface area (Å²) < 4.78 is 2.24. The Morgan fingerprint density at radius 3 is 2.56 bits per heavy atom. The summed E-state index contributed by atoms with van der Waals surface area (Å²) in [6.45, 7) is 5.87. The van der Waals surface area contributed by atoms with Crippen LogP contribution < -0.4 is 5.73 Å². The van der Waals surface area contributed by atoms with E-state index in [1.54, 1.807) is 0 Å². The molecule has 0 bridgehead atoms. The van der Waals surface area contributed by atoms with E-state index in [4.69, 9.17) is 5.73 Å². The van der Waals surface area contributed by atoms with Gasteiger partial charge in [0.15, 0.2) is 0 Å². The largest absolute Gasteiger partial charge is 0.341 e. The van der Waals surface area contributed by atoms with Gasteiger partial charge in [0.25, 0.3) is 0 Å². The third-order valence-electron chi connectivity index (χ3n) is 5.04. The maximum Gasteiger partial charge on any atom is 0.239 e. The van der Waals surface area contributed by atoms with Crippen molar-refractivity contribution in [2.45, 2.75) is 51.1 Å². The number of carbonyl (C=O) groups excluding carboxylic acids is 1. The number of hydrogen-bond donors (Lipinski definition) is 1. The molecule has 1 atom stereocenters. The summed E-state index contributed by atoms with van der Waals surface area (Å²) in [4.78, 5) is 19.1. The monoisotopic (exact) mass is 340 g/mol. The van der Waals surface area contributed by atoms with Gasteiger partial charge in [-0.3, -0.25) is 4.79 Å². The number of rotatable bonds is 5. The van der Waals surface area contributed by atoms with Gasteiger partial charge in [0.05, 0.1) is 6.04 Å². The number of nitrogens with zero attached hydrogens (tertiary/aromatic N) is 3. The lowest BCUT2D eigenvalue weighted by molar-refractivity contribution is -0.133. The van der Waals surface area contributed by atoms with Gasteiger partial charge in [-0.25, -0.2) is 4.98 Å². The molecule has 5 nitrogen and oxygen atoms in total. The Bertz CT molecular complexity index is 687. The zero-order chi connectivity index (χ0) is 17.8. The van der Waals surface area contributed by atoms with Gasteiger partial charge in [-0.1, -0.05) is 30.3 Å². The van der Waals surface area contributed by atoms with Crippen LogP contribution in [0.3, 0.4) is 0 Å². The van der Waals surface area contributed by atoms with Gasteiger partial charge >= 0.3 is 0 Å². The summed E-state index contributed by atoms with van der Waals surface area (Å²) in [5.41, 5.74) is 7.27. The Hall–Kier alpha value is -2.14. The van der Waals surface area contributed by atoms with Crippen LogP contribution in [0.1, 0.15) is 50.0 Å². The second-order valence-corrected chi connectivity index (χ2v) is 7.18. The predicted molar refractivity (Wildman–Crippen MR) is 99.3 cm³/mol. The minimum Gasteiger partial charge on any atom is -0.341 e. The SMILES string of the molecule is CC(C)n1ccnc1C1CCN(C(=O)[C@H](N)Cc2ccccc2)CC1. The molecule has 1 aliphatic heterocycles. The van der Waals surface area contributed by atoms with Crippen LogP contribution in [0, 0.1) is 0 Å². The van der Waals surface area contributed by atoms with Gasteiger partial charge < -0.3 is 15.2 Å². The van der Waals surface area contributed by atoms with E-state index in [9.17, 15) is 4.79 Å². The van der Waals surface area contributed by atoms with Crippen molar-refractivity contribution < 1.29 is 4.79 Å². The van der Waals surface area contributed by atoms with E-state index in [2.05, 4.69) is 23.4 Å². The van der Waals surface area contributed by atoms with Crippen molar-refractivity contribution in [2.24, 2.45) is 5.73 Å². The van der Waals surface area contributed by atoms with Gasteiger partial charge in [-0.2, -0.15) is 0 Å². The maximum atomic E-state index is 12.7. The molecular weight excluding hydrogens is 312 g/mol. The highest BCUT2D eigenvalue weighted by Crippen LogP contribution is 2.28. The summed E-state index contributed by atoms with van der Waals surface area (Å²) in [6.07, 6.45) is 6.42. The molecule has 0 unspecified atom stereocenters. The molecule has 0 radical (unpaired) electrons. The number of aromatic nitrogens is 2. The Morgan fingerprint density at radius 1 is 1.24 bits per heavy atom. The normalized spacial score (nSPS) is 17.0. The highest BCUT2D eigenvalue weighted by atomic mass is 16.2. The molecule has 2 aromatic rings. The topological polar surface area (TPSA) is 64.2 Å². The molecule has 1 aromatic heterocycles. The van der Waals surface area contributed by atoms with E-state index >= 15 is 0 Å². The van der Waals surface area contributed by atoms with Gasteiger partial charge in [0.1, 0.15) is 5.82 Å². The zero-order valence-electron chi connectivity index (χ0n) is 15.1. The standard InChI is InChI=1S/C20H28N4O/c1-15(2)24-13-10-22-19(24)17-8-11-23(12-9-17)20(25)18(21)14-16-6-4-3-5-7-16/h3-7,10,13,15,17-18H,8-9,11-12,14,21H2,1-2H3/t18-/m1/s1. The van der Waals surface area contributed by atoms with Crippen LogP contribution in [0.25, 0.3) is 0 Å². The fourth-order valence-corrected chi connectivity index (χ4v) is 3.63. The predicted octanol–water partition coefficient (Wildman–Crippen LogP) is 2.74. The minimum absolute atomic E-state index is 0.0644. The average Bonchev–Trinajstić information content (AvgIpc) is 3.12. The van der Waals surface area contributed by atoms with Crippen molar-refractivity contribution in [3.05, 3.63) is 54.1 Å². The molecule has 1 aromatic carbocycles. The quantitative estimate of drug-likeness (QED) is 0.910. The van der Waals surface area contributed by atoms with E-state index in [1.165, 1.54) is 0 Å². The second kappa shape index (κ2) is 7.83. The fraction of sp³-hybridized carbons (Fsp3) is 0.500. The highest BCUT2D eigenvalue weighted by molar-refractivity contribution is 5.82. The third kappa shape index (κ3) is 4.10. The molecule has 0 saturated carbocycles. The van der Waals surface area contributed by atoms with Crippen LogP contribution in [0.2, 0.25) is 0 Å². The van der Waals surface area contributed by atoms with E-state index in [-0.39, 0.29) is 5.91 Å². The number of hydrogen-bond acceptors (Lipinski definition) is 3. The Morgan fingerprint density at radius 2 is 1.92 bits per heavy atom. The number of imidazole rings is 1. The number of likely N-dealkylation sites (tertiary alicyclic amines) is 1. The molecule has 1 fully saturated rings. The number of nitrogens with two attached hydrogens (primary N) is 1. The molecule has 25 heavy (non-hydrogen) atoms. The van der Waals surface area contributed by atoms with Crippen LogP contribution in [-0.2, 0) is 11.2 Å². The van der Waals surface area contributed by atoms with E-state index in [0.29, 0.717) is 18.4 Å². The molecule has 3 rings (SSSR count). The maximum absolute atomic E-state index is 12.7. The Kier molecular flexibility index (Phi) is 5.53. The van der Waals surface area contributed by atoms with Crippen LogP contribution in [0.15, 0.2) is 42.7 Å².